The lowest BCUT2D eigenvalue weighted by Gasteiger charge is -2.42. The number of fused-ring (bicyclic) bond motifs is 2. The largest absolute Gasteiger partial charge is 0.356 e. The molecule has 142 valence electrons. The number of guanidine groups is 1. The van der Waals surface area contributed by atoms with Crippen molar-refractivity contribution in [2.45, 2.75) is 38.1 Å². The lowest BCUT2D eigenvalue weighted by Crippen LogP contribution is -2.55. The molecule has 0 aromatic rings. The molecule has 2 aliphatic heterocycles. The summed E-state index contributed by atoms with van der Waals surface area (Å²) in [6.07, 6.45) is 6.59. The molecule has 7 heteroatoms. The van der Waals surface area contributed by atoms with E-state index >= 15 is 0 Å². The highest BCUT2D eigenvalue weighted by Crippen LogP contribution is 2.46. The maximum Gasteiger partial charge on any atom is 0.193 e. The third-order valence-electron chi connectivity index (χ3n) is 6.87. The van der Waals surface area contributed by atoms with Crippen LogP contribution in [0.1, 0.15) is 32.1 Å². The number of hydrogen-bond acceptors (Lipinski definition) is 4. The summed E-state index contributed by atoms with van der Waals surface area (Å²) in [4.78, 5) is 9.49. The zero-order valence-electron chi connectivity index (χ0n) is 15.4. The van der Waals surface area contributed by atoms with E-state index in [2.05, 4.69) is 20.1 Å². The molecule has 2 heterocycles. The first-order valence-electron chi connectivity index (χ1n) is 9.94. The summed E-state index contributed by atoms with van der Waals surface area (Å²) in [6, 6.07) is 0.833. The van der Waals surface area contributed by atoms with Gasteiger partial charge in [-0.3, -0.25) is 9.89 Å². The first kappa shape index (κ1) is 17.6. The van der Waals surface area contributed by atoms with Crippen molar-refractivity contribution in [3.63, 3.8) is 0 Å². The van der Waals surface area contributed by atoms with Gasteiger partial charge in [0.1, 0.15) is 0 Å². The van der Waals surface area contributed by atoms with Gasteiger partial charge >= 0.3 is 0 Å². The van der Waals surface area contributed by atoms with E-state index in [9.17, 15) is 8.42 Å². The molecule has 2 bridgehead atoms. The third kappa shape index (κ3) is 3.82. The molecule has 4 fully saturated rings. The van der Waals surface area contributed by atoms with Gasteiger partial charge in [-0.15, -0.1) is 0 Å². The Kier molecular flexibility index (Phi) is 4.97. The summed E-state index contributed by atoms with van der Waals surface area (Å²) < 4.78 is 23.2. The second-order valence-corrected chi connectivity index (χ2v) is 10.7. The van der Waals surface area contributed by atoms with Crippen molar-refractivity contribution in [2.24, 2.45) is 22.7 Å². The van der Waals surface area contributed by atoms with Crippen molar-refractivity contribution >= 4 is 15.8 Å². The number of rotatable bonds is 3. The zero-order chi connectivity index (χ0) is 17.4. The average molecular weight is 369 g/mol. The van der Waals surface area contributed by atoms with Gasteiger partial charge in [0.2, 0.25) is 0 Å². The topological polar surface area (TPSA) is 65.0 Å². The molecule has 0 amide bonds. The highest BCUT2D eigenvalue weighted by Gasteiger charge is 2.42. The van der Waals surface area contributed by atoms with Crippen molar-refractivity contribution in [3.05, 3.63) is 0 Å². The fraction of sp³-hybridized carbons (Fsp3) is 0.944. The van der Waals surface area contributed by atoms with E-state index in [4.69, 9.17) is 0 Å². The van der Waals surface area contributed by atoms with Crippen LogP contribution in [-0.4, -0.2) is 81.5 Å². The molecule has 6 nitrogen and oxygen atoms in total. The van der Waals surface area contributed by atoms with Gasteiger partial charge in [-0.2, -0.15) is 0 Å². The number of nitrogens with zero attached hydrogens (tertiary/aromatic N) is 3. The number of sulfone groups is 1. The Labute approximate surface area is 152 Å². The van der Waals surface area contributed by atoms with Gasteiger partial charge in [0.25, 0.3) is 0 Å². The SMILES string of the molecule is CN=C(NCC1CCS(=O)(=O)C1)N1CCN(C2CC3CCC2C3)CC1. The minimum Gasteiger partial charge on any atom is -0.356 e. The normalized spacial score (nSPS) is 38.4. The molecule has 2 aliphatic carbocycles. The number of nitrogens with one attached hydrogen (secondary N) is 1. The van der Waals surface area contributed by atoms with Gasteiger partial charge < -0.3 is 10.2 Å². The maximum atomic E-state index is 11.6. The molecule has 4 rings (SSSR count). The van der Waals surface area contributed by atoms with E-state index in [0.29, 0.717) is 11.5 Å². The number of piperazine rings is 1. The summed E-state index contributed by atoms with van der Waals surface area (Å²) in [6.45, 7) is 5.03. The molecule has 4 aliphatic rings. The molecule has 0 aromatic carbocycles. The van der Waals surface area contributed by atoms with E-state index in [-0.39, 0.29) is 5.92 Å². The van der Waals surface area contributed by atoms with Crippen molar-refractivity contribution in [3.8, 4) is 0 Å². The summed E-state index contributed by atoms with van der Waals surface area (Å²) in [5, 5.41) is 3.42. The second kappa shape index (κ2) is 7.06. The van der Waals surface area contributed by atoms with Crippen molar-refractivity contribution in [1.29, 1.82) is 0 Å². The Bertz CT molecular complexity index is 613. The molecule has 0 spiro atoms. The summed E-state index contributed by atoms with van der Waals surface area (Å²) in [7, 11) is -0.967. The molecule has 0 radical (unpaired) electrons. The van der Waals surface area contributed by atoms with E-state index in [1.54, 1.807) is 0 Å². The predicted molar refractivity (Wildman–Crippen MR) is 101 cm³/mol. The minimum atomic E-state index is -2.80. The van der Waals surface area contributed by atoms with Crippen LogP contribution in [0.3, 0.4) is 0 Å². The Morgan fingerprint density at radius 1 is 1.12 bits per heavy atom. The summed E-state index contributed by atoms with van der Waals surface area (Å²) >= 11 is 0. The van der Waals surface area contributed by atoms with Crippen molar-refractivity contribution < 1.29 is 8.42 Å². The quantitative estimate of drug-likeness (QED) is 0.590. The Morgan fingerprint density at radius 3 is 2.48 bits per heavy atom. The zero-order valence-corrected chi connectivity index (χ0v) is 16.2. The molecular weight excluding hydrogens is 336 g/mol. The lowest BCUT2D eigenvalue weighted by atomic mass is 9.93. The molecule has 0 aromatic heterocycles. The maximum absolute atomic E-state index is 11.6. The van der Waals surface area contributed by atoms with Crippen molar-refractivity contribution in [1.82, 2.24) is 15.1 Å². The predicted octanol–water partition coefficient (Wildman–Crippen LogP) is 0.803. The van der Waals surface area contributed by atoms with Crippen LogP contribution in [0.4, 0.5) is 0 Å². The van der Waals surface area contributed by atoms with Crippen LogP contribution < -0.4 is 5.32 Å². The van der Waals surface area contributed by atoms with Crippen LogP contribution in [-0.2, 0) is 9.84 Å². The standard InChI is InChI=1S/C18H32N4O2S/c1-19-18(20-12-15-4-9-25(23,24)13-15)22-7-5-21(6-8-22)17-11-14-2-3-16(17)10-14/h14-17H,2-13H2,1H3,(H,19,20). The van der Waals surface area contributed by atoms with Crippen LogP contribution in [0.5, 0.6) is 0 Å². The third-order valence-corrected chi connectivity index (χ3v) is 8.71. The summed E-state index contributed by atoms with van der Waals surface area (Å²) in [5.41, 5.74) is 0. The van der Waals surface area contributed by atoms with Crippen LogP contribution in [0, 0.1) is 17.8 Å². The highest BCUT2D eigenvalue weighted by molar-refractivity contribution is 7.91. The van der Waals surface area contributed by atoms with Crippen LogP contribution in [0.15, 0.2) is 4.99 Å². The molecule has 4 atom stereocenters. The lowest BCUT2D eigenvalue weighted by molar-refractivity contribution is 0.0958. The van der Waals surface area contributed by atoms with Gasteiger partial charge in [-0.05, 0) is 43.4 Å². The minimum absolute atomic E-state index is 0.233. The first-order chi connectivity index (χ1) is 12.0. The fourth-order valence-corrected chi connectivity index (χ4v) is 7.39. The molecule has 2 saturated heterocycles. The molecular formula is C18H32N4O2S. The van der Waals surface area contributed by atoms with E-state index < -0.39 is 9.84 Å². The first-order valence-corrected chi connectivity index (χ1v) is 11.8. The van der Waals surface area contributed by atoms with Gasteiger partial charge in [-0.1, -0.05) is 6.42 Å². The van der Waals surface area contributed by atoms with Gasteiger partial charge in [0.15, 0.2) is 15.8 Å². The van der Waals surface area contributed by atoms with E-state index in [0.717, 1.165) is 63.0 Å². The summed E-state index contributed by atoms with van der Waals surface area (Å²) in [5.74, 6) is 3.81. The van der Waals surface area contributed by atoms with Gasteiger partial charge in [0, 0.05) is 45.8 Å². The van der Waals surface area contributed by atoms with Gasteiger partial charge in [-0.25, -0.2) is 8.42 Å². The number of hydrogen-bond donors (Lipinski definition) is 1. The van der Waals surface area contributed by atoms with Crippen LogP contribution >= 0.6 is 0 Å². The fourth-order valence-electron chi connectivity index (χ4n) is 5.52. The smallest absolute Gasteiger partial charge is 0.193 e. The Hall–Kier alpha value is -0.820. The van der Waals surface area contributed by atoms with Crippen molar-refractivity contribution in [2.75, 3.05) is 51.3 Å². The van der Waals surface area contributed by atoms with E-state index in [1.165, 1.54) is 25.7 Å². The molecule has 4 unspecified atom stereocenters. The van der Waals surface area contributed by atoms with Gasteiger partial charge in [0.05, 0.1) is 11.5 Å². The molecule has 25 heavy (non-hydrogen) atoms. The van der Waals surface area contributed by atoms with Crippen LogP contribution in [0.25, 0.3) is 0 Å². The van der Waals surface area contributed by atoms with Crippen LogP contribution in [0.2, 0.25) is 0 Å². The average Bonchev–Trinajstić information content (AvgIpc) is 3.31. The number of aliphatic imine (C=N–C) groups is 1. The monoisotopic (exact) mass is 368 g/mol. The van der Waals surface area contributed by atoms with E-state index in [1.807, 2.05) is 7.05 Å². The molecule has 2 saturated carbocycles. The molecule has 1 N–H and O–H groups in total. The highest BCUT2D eigenvalue weighted by atomic mass is 32.2. The Balaban J connectivity index is 1.25. The Morgan fingerprint density at radius 2 is 1.92 bits per heavy atom. The second-order valence-electron chi connectivity index (χ2n) is 8.46.